The number of amides is 2. The molecule has 2 aromatic carbocycles. The number of carbonyl (C=O) groups is 2. The summed E-state index contributed by atoms with van der Waals surface area (Å²) in [6.07, 6.45) is 0.882. The number of nitrogens with one attached hydrogen (secondary N) is 2. The standard InChI is InChI=1S/C20H23N3O4.ClH/c1-13(21)6-9-19(24)23-16-5-3-2-4-15(16)20(25)22-14-7-8-17-18(12-14)27-11-10-26-17;/h2-5,7-8,12-13H,6,9-11,21H2,1H3,(H,22,25)(H,23,24);1H. The Labute approximate surface area is 170 Å². The lowest BCUT2D eigenvalue weighted by Gasteiger charge is -2.19. The van der Waals surface area contributed by atoms with Gasteiger partial charge in [-0.3, -0.25) is 9.59 Å². The van der Waals surface area contributed by atoms with E-state index in [1.807, 2.05) is 6.92 Å². The molecule has 2 aromatic rings. The summed E-state index contributed by atoms with van der Waals surface area (Å²) in [6, 6.07) is 12.0. The first-order valence-corrected chi connectivity index (χ1v) is 8.88. The van der Waals surface area contributed by atoms with Crippen molar-refractivity contribution in [1.29, 1.82) is 0 Å². The second-order valence-corrected chi connectivity index (χ2v) is 6.42. The molecule has 7 nitrogen and oxygen atoms in total. The van der Waals surface area contributed by atoms with Gasteiger partial charge in [0.2, 0.25) is 5.91 Å². The highest BCUT2D eigenvalue weighted by molar-refractivity contribution is 6.10. The normalized spacial score (nSPS) is 13.1. The Morgan fingerprint density at radius 1 is 1.07 bits per heavy atom. The molecule has 28 heavy (non-hydrogen) atoms. The van der Waals surface area contributed by atoms with Gasteiger partial charge in [0.15, 0.2) is 11.5 Å². The third-order valence-electron chi connectivity index (χ3n) is 4.07. The Hall–Kier alpha value is -2.77. The van der Waals surface area contributed by atoms with Gasteiger partial charge in [0.25, 0.3) is 5.91 Å². The largest absolute Gasteiger partial charge is 0.486 e. The van der Waals surface area contributed by atoms with E-state index in [1.165, 1.54) is 0 Å². The predicted molar refractivity (Wildman–Crippen MR) is 111 cm³/mol. The van der Waals surface area contributed by atoms with Crippen LogP contribution in [0.1, 0.15) is 30.1 Å². The molecule has 1 aliphatic rings. The lowest BCUT2D eigenvalue weighted by atomic mass is 10.1. The zero-order valence-corrected chi connectivity index (χ0v) is 16.4. The maximum Gasteiger partial charge on any atom is 0.257 e. The van der Waals surface area contributed by atoms with E-state index in [9.17, 15) is 9.59 Å². The smallest absolute Gasteiger partial charge is 0.257 e. The van der Waals surface area contributed by atoms with E-state index in [2.05, 4.69) is 10.6 Å². The van der Waals surface area contributed by atoms with Crippen LogP contribution in [0.3, 0.4) is 0 Å². The van der Waals surface area contributed by atoms with Crippen molar-refractivity contribution in [1.82, 2.24) is 0 Å². The highest BCUT2D eigenvalue weighted by atomic mass is 35.5. The molecular weight excluding hydrogens is 382 g/mol. The van der Waals surface area contributed by atoms with E-state index >= 15 is 0 Å². The molecule has 2 amide bonds. The lowest BCUT2D eigenvalue weighted by molar-refractivity contribution is -0.116. The Morgan fingerprint density at radius 2 is 1.79 bits per heavy atom. The van der Waals surface area contributed by atoms with Crippen molar-refractivity contribution < 1.29 is 19.1 Å². The second kappa shape index (κ2) is 9.96. The van der Waals surface area contributed by atoms with Crippen molar-refractivity contribution in [2.75, 3.05) is 23.8 Å². The summed E-state index contributed by atoms with van der Waals surface area (Å²) >= 11 is 0. The van der Waals surface area contributed by atoms with Crippen LogP contribution in [-0.4, -0.2) is 31.1 Å². The number of fused-ring (bicyclic) bond motifs is 1. The molecule has 3 rings (SSSR count). The second-order valence-electron chi connectivity index (χ2n) is 6.42. The molecule has 4 N–H and O–H groups in total. The molecule has 150 valence electrons. The Kier molecular flexibility index (Phi) is 7.66. The fraction of sp³-hybridized carbons (Fsp3) is 0.300. The summed E-state index contributed by atoms with van der Waals surface area (Å²) in [5, 5.41) is 5.61. The number of halogens is 1. The minimum absolute atomic E-state index is 0. The molecular formula is C20H24ClN3O4. The predicted octanol–water partition coefficient (Wildman–Crippen LogP) is 3.20. The average Bonchev–Trinajstić information content (AvgIpc) is 2.66. The molecule has 0 spiro atoms. The molecule has 0 aliphatic carbocycles. The number of benzene rings is 2. The van der Waals surface area contributed by atoms with E-state index in [0.717, 1.165) is 0 Å². The summed E-state index contributed by atoms with van der Waals surface area (Å²) in [5.41, 5.74) is 7.11. The highest BCUT2D eigenvalue weighted by Gasteiger charge is 2.16. The minimum Gasteiger partial charge on any atom is -0.486 e. The van der Waals surface area contributed by atoms with Crippen LogP contribution >= 0.6 is 12.4 Å². The van der Waals surface area contributed by atoms with Crippen LogP contribution in [0.15, 0.2) is 42.5 Å². The van der Waals surface area contributed by atoms with Crippen LogP contribution in [0.25, 0.3) is 0 Å². The van der Waals surface area contributed by atoms with Gasteiger partial charge in [-0.15, -0.1) is 12.4 Å². The fourth-order valence-corrected chi connectivity index (χ4v) is 2.68. The van der Waals surface area contributed by atoms with Gasteiger partial charge in [0.05, 0.1) is 11.3 Å². The van der Waals surface area contributed by atoms with Gasteiger partial charge in [-0.2, -0.15) is 0 Å². The van der Waals surface area contributed by atoms with Crippen LogP contribution < -0.4 is 25.8 Å². The summed E-state index contributed by atoms with van der Waals surface area (Å²) in [7, 11) is 0. The van der Waals surface area contributed by atoms with Gasteiger partial charge in [-0.05, 0) is 37.6 Å². The van der Waals surface area contributed by atoms with Crippen LogP contribution in [0.4, 0.5) is 11.4 Å². The third kappa shape index (κ3) is 5.61. The Balaban J connectivity index is 0.00000280. The van der Waals surface area contributed by atoms with Gasteiger partial charge < -0.3 is 25.8 Å². The summed E-state index contributed by atoms with van der Waals surface area (Å²) in [5.74, 6) is 0.749. The van der Waals surface area contributed by atoms with Crippen molar-refractivity contribution in [3.8, 4) is 11.5 Å². The molecule has 0 bridgehead atoms. The van der Waals surface area contributed by atoms with Crippen molar-refractivity contribution in [2.24, 2.45) is 5.73 Å². The van der Waals surface area contributed by atoms with Crippen molar-refractivity contribution in [3.63, 3.8) is 0 Å². The molecule has 0 saturated heterocycles. The lowest BCUT2D eigenvalue weighted by Crippen LogP contribution is -2.21. The molecule has 0 radical (unpaired) electrons. The van der Waals surface area contributed by atoms with Gasteiger partial charge in [-0.1, -0.05) is 12.1 Å². The number of anilines is 2. The quantitative estimate of drug-likeness (QED) is 0.684. The molecule has 0 aromatic heterocycles. The van der Waals surface area contributed by atoms with Crippen molar-refractivity contribution in [3.05, 3.63) is 48.0 Å². The van der Waals surface area contributed by atoms with Gasteiger partial charge in [-0.25, -0.2) is 0 Å². The zero-order chi connectivity index (χ0) is 19.2. The van der Waals surface area contributed by atoms with Crippen LogP contribution in [0, 0.1) is 0 Å². The first kappa shape index (κ1) is 21.5. The van der Waals surface area contributed by atoms with Crippen molar-refractivity contribution in [2.45, 2.75) is 25.8 Å². The molecule has 1 heterocycles. The third-order valence-corrected chi connectivity index (χ3v) is 4.07. The topological polar surface area (TPSA) is 103 Å². The molecule has 0 saturated carbocycles. The van der Waals surface area contributed by atoms with Crippen LogP contribution in [-0.2, 0) is 4.79 Å². The monoisotopic (exact) mass is 405 g/mol. The molecule has 1 unspecified atom stereocenters. The molecule has 1 aliphatic heterocycles. The van der Waals surface area contributed by atoms with Crippen LogP contribution in [0.2, 0.25) is 0 Å². The Morgan fingerprint density at radius 3 is 2.54 bits per heavy atom. The maximum atomic E-state index is 12.7. The number of para-hydroxylation sites is 1. The highest BCUT2D eigenvalue weighted by Crippen LogP contribution is 2.32. The van der Waals surface area contributed by atoms with E-state index in [1.54, 1.807) is 42.5 Å². The van der Waals surface area contributed by atoms with E-state index < -0.39 is 0 Å². The fourth-order valence-electron chi connectivity index (χ4n) is 2.68. The number of ether oxygens (including phenoxy) is 2. The number of hydrogen-bond acceptors (Lipinski definition) is 5. The summed E-state index contributed by atoms with van der Waals surface area (Å²) in [4.78, 5) is 24.8. The first-order chi connectivity index (χ1) is 13.0. The average molecular weight is 406 g/mol. The van der Waals surface area contributed by atoms with Gasteiger partial charge >= 0.3 is 0 Å². The number of hydrogen-bond donors (Lipinski definition) is 3. The minimum atomic E-state index is -0.324. The van der Waals surface area contributed by atoms with Gasteiger partial charge in [0.1, 0.15) is 13.2 Å². The number of rotatable bonds is 6. The maximum absolute atomic E-state index is 12.7. The van der Waals surface area contributed by atoms with E-state index in [-0.39, 0.29) is 30.3 Å². The van der Waals surface area contributed by atoms with E-state index in [4.69, 9.17) is 15.2 Å². The first-order valence-electron chi connectivity index (χ1n) is 8.88. The summed E-state index contributed by atoms with van der Waals surface area (Å²) in [6.45, 7) is 2.83. The molecule has 8 heteroatoms. The van der Waals surface area contributed by atoms with Crippen molar-refractivity contribution >= 4 is 35.6 Å². The summed E-state index contributed by atoms with van der Waals surface area (Å²) < 4.78 is 11.0. The molecule has 1 atom stereocenters. The molecule has 0 fully saturated rings. The van der Waals surface area contributed by atoms with Gasteiger partial charge in [0, 0.05) is 24.2 Å². The zero-order valence-electron chi connectivity index (χ0n) is 15.6. The Bertz CT molecular complexity index is 842. The SMILES string of the molecule is CC(N)CCC(=O)Nc1ccccc1C(=O)Nc1ccc2c(c1)OCCO2.Cl. The van der Waals surface area contributed by atoms with Crippen LogP contribution in [0.5, 0.6) is 11.5 Å². The number of carbonyl (C=O) groups excluding carboxylic acids is 2. The van der Waals surface area contributed by atoms with E-state index in [0.29, 0.717) is 54.5 Å². The number of nitrogens with two attached hydrogens (primary N) is 1.